The molecule has 0 unspecified atom stereocenters. The van der Waals surface area contributed by atoms with Crippen LogP contribution in [0.1, 0.15) is 42.8 Å². The molecule has 5 heteroatoms. The second-order valence-corrected chi connectivity index (χ2v) is 8.54. The Balaban J connectivity index is 1.49. The van der Waals surface area contributed by atoms with Gasteiger partial charge in [-0.2, -0.15) is 0 Å². The molecule has 4 rings (SSSR count). The minimum absolute atomic E-state index is 0.165. The van der Waals surface area contributed by atoms with Gasteiger partial charge in [-0.3, -0.25) is 9.69 Å². The van der Waals surface area contributed by atoms with Crippen molar-refractivity contribution in [2.24, 2.45) is 0 Å². The van der Waals surface area contributed by atoms with Gasteiger partial charge in [0.05, 0.1) is 9.88 Å². The van der Waals surface area contributed by atoms with Gasteiger partial charge in [-0.05, 0) is 43.0 Å². The van der Waals surface area contributed by atoms with Crippen molar-refractivity contribution in [3.05, 3.63) is 40.5 Å². The predicted molar refractivity (Wildman–Crippen MR) is 102 cm³/mol. The highest BCUT2D eigenvalue weighted by Gasteiger charge is 2.31. The molecule has 4 nitrogen and oxygen atoms in total. The Morgan fingerprint density at radius 1 is 1.28 bits per heavy atom. The quantitative estimate of drug-likeness (QED) is 0.845. The van der Waals surface area contributed by atoms with Gasteiger partial charge in [0.25, 0.3) is 0 Å². The number of amides is 1. The van der Waals surface area contributed by atoms with Gasteiger partial charge in [0.15, 0.2) is 0 Å². The minimum Gasteiger partial charge on any atom is -0.338 e. The van der Waals surface area contributed by atoms with Crippen molar-refractivity contribution in [1.82, 2.24) is 14.8 Å². The monoisotopic (exact) mass is 355 g/mol. The number of benzene rings is 1. The molecule has 0 bridgehead atoms. The molecule has 0 saturated carbocycles. The van der Waals surface area contributed by atoms with E-state index in [1.165, 1.54) is 26.6 Å². The van der Waals surface area contributed by atoms with Gasteiger partial charge in [-0.1, -0.05) is 12.1 Å². The summed E-state index contributed by atoms with van der Waals surface area (Å²) in [5.41, 5.74) is 3.92. The number of rotatable bonds is 3. The Morgan fingerprint density at radius 3 is 2.80 bits per heavy atom. The van der Waals surface area contributed by atoms with Crippen LogP contribution < -0.4 is 0 Å². The van der Waals surface area contributed by atoms with E-state index in [0.717, 1.165) is 32.6 Å². The number of carbonyl (C=O) groups is 1. The van der Waals surface area contributed by atoms with Crippen molar-refractivity contribution in [3.8, 4) is 10.4 Å². The van der Waals surface area contributed by atoms with Gasteiger partial charge in [-0.25, -0.2) is 4.98 Å². The Kier molecular flexibility index (Phi) is 4.38. The van der Waals surface area contributed by atoms with Crippen molar-refractivity contribution < 1.29 is 4.79 Å². The van der Waals surface area contributed by atoms with Crippen LogP contribution in [0.2, 0.25) is 0 Å². The molecule has 2 aliphatic rings. The molecule has 0 N–H and O–H groups in total. The third kappa shape index (κ3) is 3.23. The van der Waals surface area contributed by atoms with E-state index in [0.29, 0.717) is 12.0 Å². The highest BCUT2D eigenvalue weighted by molar-refractivity contribution is 7.15. The lowest BCUT2D eigenvalue weighted by Crippen LogP contribution is -2.48. The zero-order valence-corrected chi connectivity index (χ0v) is 16.0. The Hall–Kier alpha value is -1.72. The standard InChI is InChI=1S/C20H25N3OS/c1-13(2)23-11-18(12-23)20-21-9-19(25-20)16-4-5-17-10-22(14(3)24)7-6-15(17)8-16/h4-5,8-9,13,18H,6-7,10-12H2,1-3H3. The molecule has 1 amide bonds. The van der Waals surface area contributed by atoms with Crippen LogP contribution in [0.3, 0.4) is 0 Å². The Bertz CT molecular complexity index is 792. The third-order valence-corrected chi connectivity index (χ3v) is 6.67. The summed E-state index contributed by atoms with van der Waals surface area (Å²) in [5.74, 6) is 0.765. The number of hydrogen-bond acceptors (Lipinski definition) is 4. The van der Waals surface area contributed by atoms with Gasteiger partial charge >= 0.3 is 0 Å². The lowest BCUT2D eigenvalue weighted by molar-refractivity contribution is -0.129. The summed E-state index contributed by atoms with van der Waals surface area (Å²) in [7, 11) is 0. The number of thiazole rings is 1. The molecule has 132 valence electrons. The molecule has 0 radical (unpaired) electrons. The molecule has 0 aliphatic carbocycles. The maximum Gasteiger partial charge on any atom is 0.219 e. The summed E-state index contributed by atoms with van der Waals surface area (Å²) < 4.78 is 0. The Morgan fingerprint density at radius 2 is 2.08 bits per heavy atom. The van der Waals surface area contributed by atoms with Crippen molar-refractivity contribution in [1.29, 1.82) is 0 Å². The zero-order chi connectivity index (χ0) is 17.6. The molecule has 25 heavy (non-hydrogen) atoms. The van der Waals surface area contributed by atoms with Gasteiger partial charge in [-0.15, -0.1) is 11.3 Å². The van der Waals surface area contributed by atoms with E-state index < -0.39 is 0 Å². The van der Waals surface area contributed by atoms with Crippen LogP contribution in [0.15, 0.2) is 24.4 Å². The van der Waals surface area contributed by atoms with E-state index in [-0.39, 0.29) is 5.91 Å². The van der Waals surface area contributed by atoms with Crippen LogP contribution in [0.25, 0.3) is 10.4 Å². The van der Waals surface area contributed by atoms with Crippen LogP contribution >= 0.6 is 11.3 Å². The summed E-state index contributed by atoms with van der Waals surface area (Å²) in [6, 6.07) is 7.29. The summed E-state index contributed by atoms with van der Waals surface area (Å²) >= 11 is 1.84. The summed E-state index contributed by atoms with van der Waals surface area (Å²) in [5, 5.41) is 1.27. The third-order valence-electron chi connectivity index (χ3n) is 5.46. The SMILES string of the molecule is CC(=O)N1CCc2cc(-c3cnc(C4CN(C(C)C)C4)s3)ccc2C1. The van der Waals surface area contributed by atoms with Crippen molar-refractivity contribution in [3.63, 3.8) is 0 Å². The summed E-state index contributed by atoms with van der Waals surface area (Å²) in [6.07, 6.45) is 2.98. The first-order chi connectivity index (χ1) is 12.0. The van der Waals surface area contributed by atoms with E-state index >= 15 is 0 Å². The first-order valence-corrected chi connectivity index (χ1v) is 9.90. The van der Waals surface area contributed by atoms with Crippen molar-refractivity contribution >= 4 is 17.2 Å². The fraction of sp³-hybridized carbons (Fsp3) is 0.500. The smallest absolute Gasteiger partial charge is 0.219 e. The predicted octanol–water partition coefficient (Wildman–Crippen LogP) is 3.52. The van der Waals surface area contributed by atoms with E-state index in [9.17, 15) is 4.79 Å². The minimum atomic E-state index is 0.165. The molecule has 1 aromatic carbocycles. The zero-order valence-electron chi connectivity index (χ0n) is 15.2. The van der Waals surface area contributed by atoms with Gasteiger partial charge in [0.2, 0.25) is 5.91 Å². The fourth-order valence-electron chi connectivity index (χ4n) is 3.68. The topological polar surface area (TPSA) is 36.4 Å². The summed E-state index contributed by atoms with van der Waals surface area (Å²) in [6.45, 7) is 10.00. The lowest BCUT2D eigenvalue weighted by atomic mass is 9.97. The maximum absolute atomic E-state index is 11.6. The van der Waals surface area contributed by atoms with E-state index in [1.807, 2.05) is 22.4 Å². The fourth-order valence-corrected chi connectivity index (χ4v) is 4.67. The second kappa shape index (κ2) is 6.54. The van der Waals surface area contributed by atoms with Crippen molar-refractivity contribution in [2.75, 3.05) is 19.6 Å². The average Bonchev–Trinajstić information content (AvgIpc) is 3.01. The highest BCUT2D eigenvalue weighted by atomic mass is 32.1. The van der Waals surface area contributed by atoms with E-state index in [2.05, 4.69) is 36.9 Å². The molecule has 2 aliphatic heterocycles. The first-order valence-electron chi connectivity index (χ1n) is 9.08. The highest BCUT2D eigenvalue weighted by Crippen LogP contribution is 2.36. The molecule has 2 aromatic rings. The van der Waals surface area contributed by atoms with Crippen LogP contribution in [-0.2, 0) is 17.8 Å². The molecule has 1 aromatic heterocycles. The van der Waals surface area contributed by atoms with Gasteiger partial charge in [0, 0.05) is 51.3 Å². The molecule has 0 atom stereocenters. The molecule has 1 fully saturated rings. The van der Waals surface area contributed by atoms with Crippen LogP contribution in [-0.4, -0.2) is 46.4 Å². The van der Waals surface area contributed by atoms with E-state index in [1.54, 1.807) is 6.92 Å². The van der Waals surface area contributed by atoms with Gasteiger partial charge in [0.1, 0.15) is 0 Å². The molecule has 1 saturated heterocycles. The maximum atomic E-state index is 11.6. The number of hydrogen-bond donors (Lipinski definition) is 0. The van der Waals surface area contributed by atoms with E-state index in [4.69, 9.17) is 4.98 Å². The van der Waals surface area contributed by atoms with Crippen LogP contribution in [0.4, 0.5) is 0 Å². The molecular formula is C20H25N3OS. The lowest BCUT2D eigenvalue weighted by Gasteiger charge is -2.41. The van der Waals surface area contributed by atoms with Gasteiger partial charge < -0.3 is 4.90 Å². The van der Waals surface area contributed by atoms with Crippen molar-refractivity contribution in [2.45, 2.75) is 45.7 Å². The number of carbonyl (C=O) groups excluding carboxylic acids is 1. The average molecular weight is 356 g/mol. The van der Waals surface area contributed by atoms with Crippen LogP contribution in [0.5, 0.6) is 0 Å². The number of nitrogens with zero attached hydrogens (tertiary/aromatic N) is 3. The Labute approximate surface area is 153 Å². The largest absolute Gasteiger partial charge is 0.338 e. The molecule has 3 heterocycles. The normalized spacial score (nSPS) is 18.3. The molecular weight excluding hydrogens is 330 g/mol. The number of aromatic nitrogens is 1. The van der Waals surface area contributed by atoms with Crippen LogP contribution in [0, 0.1) is 0 Å². The summed E-state index contributed by atoms with van der Waals surface area (Å²) in [4.78, 5) is 21.9. The first kappa shape index (κ1) is 16.7. The molecule has 0 spiro atoms. The number of likely N-dealkylation sites (tertiary alicyclic amines) is 1. The second-order valence-electron chi connectivity index (χ2n) is 7.48. The number of fused-ring (bicyclic) bond motifs is 1.